The van der Waals surface area contributed by atoms with Crippen molar-refractivity contribution in [3.05, 3.63) is 45.9 Å². The van der Waals surface area contributed by atoms with Gasteiger partial charge in [-0.1, -0.05) is 18.1 Å². The Balaban J connectivity index is 1.92. The molecule has 0 saturated carbocycles. The molecular weight excluding hydrogens is 384 g/mol. The minimum Gasteiger partial charge on any atom is -0.481 e. The van der Waals surface area contributed by atoms with Crippen LogP contribution in [-0.2, 0) is 17.7 Å². The number of aromatic nitrogens is 1. The lowest BCUT2D eigenvalue weighted by Gasteiger charge is -2.21. The summed E-state index contributed by atoms with van der Waals surface area (Å²) in [6.07, 6.45) is 6.08. The Morgan fingerprint density at radius 2 is 2.14 bits per heavy atom. The van der Waals surface area contributed by atoms with E-state index in [0.29, 0.717) is 13.1 Å². The van der Waals surface area contributed by atoms with E-state index in [1.807, 2.05) is 38.2 Å². The molecule has 0 amide bonds. The van der Waals surface area contributed by atoms with E-state index in [4.69, 9.17) is 20.9 Å². The van der Waals surface area contributed by atoms with Crippen molar-refractivity contribution in [2.24, 2.45) is 4.99 Å². The van der Waals surface area contributed by atoms with Gasteiger partial charge >= 0.3 is 0 Å². The summed E-state index contributed by atoms with van der Waals surface area (Å²) in [7, 11) is 3.73. The summed E-state index contributed by atoms with van der Waals surface area (Å²) in [5, 5.41) is 6.42. The molecule has 0 aliphatic heterocycles. The third-order valence-corrected chi connectivity index (χ3v) is 5.33. The number of methoxy groups -OCH3 is 1. The number of thiazole rings is 1. The molecule has 0 aliphatic carbocycles. The molecule has 156 valence electrons. The maximum absolute atomic E-state index is 5.40. The van der Waals surface area contributed by atoms with Gasteiger partial charge in [-0.3, -0.25) is 4.99 Å². The molecule has 2 aromatic rings. The normalized spacial score (nSPS) is 12.3. The van der Waals surface area contributed by atoms with Crippen LogP contribution in [0.25, 0.3) is 0 Å². The first kappa shape index (κ1) is 22.7. The van der Waals surface area contributed by atoms with Gasteiger partial charge in [-0.05, 0) is 38.0 Å². The van der Waals surface area contributed by atoms with Crippen LogP contribution in [0.1, 0.15) is 36.2 Å². The Kier molecular flexibility index (Phi) is 9.48. The summed E-state index contributed by atoms with van der Waals surface area (Å²) >= 11 is 1.63. The maximum Gasteiger partial charge on any atom is 0.194 e. The molecule has 29 heavy (non-hydrogen) atoms. The SMILES string of the molecule is C#CCOc1ccc(CCN=C(NCC)N(C)Cc2csc(C(C)OC)n2)cc1. The van der Waals surface area contributed by atoms with Gasteiger partial charge in [0.1, 0.15) is 23.5 Å². The van der Waals surface area contributed by atoms with E-state index in [9.17, 15) is 0 Å². The highest BCUT2D eigenvalue weighted by Gasteiger charge is 2.12. The molecule has 1 N–H and O–H groups in total. The highest BCUT2D eigenvalue weighted by molar-refractivity contribution is 7.09. The fraction of sp³-hybridized carbons (Fsp3) is 0.455. The van der Waals surface area contributed by atoms with E-state index in [-0.39, 0.29) is 12.7 Å². The molecule has 2 rings (SSSR count). The zero-order chi connectivity index (χ0) is 21.1. The summed E-state index contributed by atoms with van der Waals surface area (Å²) in [4.78, 5) is 11.5. The van der Waals surface area contributed by atoms with Crippen molar-refractivity contribution < 1.29 is 9.47 Å². The predicted molar refractivity (Wildman–Crippen MR) is 119 cm³/mol. The average Bonchev–Trinajstić information content (AvgIpc) is 3.20. The Hall–Kier alpha value is -2.56. The van der Waals surface area contributed by atoms with E-state index in [1.165, 1.54) is 5.56 Å². The van der Waals surface area contributed by atoms with Crippen LogP contribution in [0.4, 0.5) is 0 Å². The molecule has 1 atom stereocenters. The van der Waals surface area contributed by atoms with Gasteiger partial charge in [0.15, 0.2) is 5.96 Å². The highest BCUT2D eigenvalue weighted by Crippen LogP contribution is 2.21. The maximum atomic E-state index is 5.40. The minimum absolute atomic E-state index is 0.0179. The molecule has 0 fully saturated rings. The van der Waals surface area contributed by atoms with Crippen LogP contribution in [0.2, 0.25) is 0 Å². The molecule has 1 aromatic carbocycles. The minimum atomic E-state index is 0.0179. The second-order valence-corrected chi connectivity index (χ2v) is 7.42. The first-order valence-corrected chi connectivity index (χ1v) is 10.6. The van der Waals surface area contributed by atoms with Gasteiger partial charge in [0.05, 0.1) is 12.2 Å². The van der Waals surface area contributed by atoms with Crippen LogP contribution in [0.5, 0.6) is 5.75 Å². The molecule has 1 unspecified atom stereocenters. The zero-order valence-electron chi connectivity index (χ0n) is 17.6. The van der Waals surface area contributed by atoms with E-state index >= 15 is 0 Å². The van der Waals surface area contributed by atoms with Gasteiger partial charge in [0.25, 0.3) is 0 Å². The second kappa shape index (κ2) is 12.1. The zero-order valence-corrected chi connectivity index (χ0v) is 18.5. The number of rotatable bonds is 10. The molecule has 0 saturated heterocycles. The first-order chi connectivity index (χ1) is 14.1. The number of nitrogens with one attached hydrogen (secondary N) is 1. The molecular formula is C22H30N4O2S. The van der Waals surface area contributed by atoms with Gasteiger partial charge in [-0.25, -0.2) is 4.98 Å². The summed E-state index contributed by atoms with van der Waals surface area (Å²) < 4.78 is 10.7. The molecule has 0 radical (unpaired) electrons. The van der Waals surface area contributed by atoms with Crippen molar-refractivity contribution >= 4 is 17.3 Å². The van der Waals surface area contributed by atoms with Crippen LogP contribution >= 0.6 is 11.3 Å². The van der Waals surface area contributed by atoms with Gasteiger partial charge in [0, 0.05) is 32.6 Å². The quantitative estimate of drug-likeness (QED) is 0.366. The van der Waals surface area contributed by atoms with E-state index in [1.54, 1.807) is 18.4 Å². The summed E-state index contributed by atoms with van der Waals surface area (Å²) in [6.45, 7) is 6.56. The summed E-state index contributed by atoms with van der Waals surface area (Å²) in [5.41, 5.74) is 2.22. The van der Waals surface area contributed by atoms with Crippen LogP contribution in [-0.4, -0.2) is 49.7 Å². The number of hydrogen-bond acceptors (Lipinski definition) is 5. The third kappa shape index (κ3) is 7.41. The molecule has 1 aromatic heterocycles. The number of ether oxygens (including phenoxy) is 2. The molecule has 0 spiro atoms. The second-order valence-electron chi connectivity index (χ2n) is 6.53. The van der Waals surface area contributed by atoms with Crippen molar-refractivity contribution in [3.8, 4) is 18.1 Å². The number of terminal acetylenes is 1. The van der Waals surface area contributed by atoms with Crippen LogP contribution < -0.4 is 10.1 Å². The largest absolute Gasteiger partial charge is 0.481 e. The van der Waals surface area contributed by atoms with Crippen molar-refractivity contribution in [1.29, 1.82) is 0 Å². The molecule has 6 nitrogen and oxygen atoms in total. The van der Waals surface area contributed by atoms with E-state index in [2.05, 4.69) is 33.4 Å². The Morgan fingerprint density at radius 1 is 1.38 bits per heavy atom. The van der Waals surface area contributed by atoms with Gasteiger partial charge in [0.2, 0.25) is 0 Å². The Morgan fingerprint density at radius 3 is 2.79 bits per heavy atom. The van der Waals surface area contributed by atoms with E-state index < -0.39 is 0 Å². The number of aliphatic imine (C=N–C) groups is 1. The highest BCUT2D eigenvalue weighted by atomic mass is 32.1. The molecule has 1 heterocycles. The Labute approximate surface area is 178 Å². The fourth-order valence-corrected chi connectivity index (χ4v) is 3.48. The van der Waals surface area contributed by atoms with Gasteiger partial charge in [-0.2, -0.15) is 0 Å². The molecule has 0 bridgehead atoms. The summed E-state index contributed by atoms with van der Waals surface area (Å²) in [6, 6.07) is 7.97. The lowest BCUT2D eigenvalue weighted by molar-refractivity contribution is 0.119. The lowest BCUT2D eigenvalue weighted by atomic mass is 10.1. The van der Waals surface area contributed by atoms with Crippen LogP contribution in [0.3, 0.4) is 0 Å². The standard InChI is InChI=1S/C22H30N4O2S/c1-6-14-28-20-10-8-18(9-11-20)12-13-24-22(23-7-2)26(4)15-19-16-29-21(25-19)17(3)27-5/h1,8-11,16-17H,7,12-15H2,2-5H3,(H,23,24). The van der Waals surface area contributed by atoms with Gasteiger partial charge < -0.3 is 19.7 Å². The lowest BCUT2D eigenvalue weighted by Crippen LogP contribution is -2.38. The smallest absolute Gasteiger partial charge is 0.194 e. The van der Waals surface area contributed by atoms with Crippen LogP contribution in [0, 0.1) is 12.3 Å². The van der Waals surface area contributed by atoms with Crippen molar-refractivity contribution in [2.75, 3.05) is 33.9 Å². The summed E-state index contributed by atoms with van der Waals surface area (Å²) in [5.74, 6) is 4.12. The number of guanidine groups is 1. The third-order valence-electron chi connectivity index (χ3n) is 4.27. The number of nitrogens with zero attached hydrogens (tertiary/aromatic N) is 3. The van der Waals surface area contributed by atoms with Gasteiger partial charge in [-0.15, -0.1) is 17.8 Å². The van der Waals surface area contributed by atoms with Crippen molar-refractivity contribution in [2.45, 2.75) is 32.9 Å². The number of hydrogen-bond donors (Lipinski definition) is 1. The Bertz CT molecular complexity index is 811. The van der Waals surface area contributed by atoms with E-state index in [0.717, 1.165) is 35.4 Å². The number of benzene rings is 1. The first-order valence-electron chi connectivity index (χ1n) is 9.69. The van der Waals surface area contributed by atoms with Crippen molar-refractivity contribution in [1.82, 2.24) is 15.2 Å². The predicted octanol–water partition coefficient (Wildman–Crippen LogP) is 3.50. The molecule has 7 heteroatoms. The van der Waals surface area contributed by atoms with Crippen molar-refractivity contribution in [3.63, 3.8) is 0 Å². The monoisotopic (exact) mass is 414 g/mol. The van der Waals surface area contributed by atoms with Crippen LogP contribution in [0.15, 0.2) is 34.6 Å². The fourth-order valence-electron chi connectivity index (χ4n) is 2.64. The average molecular weight is 415 g/mol. The topological polar surface area (TPSA) is 59.0 Å². The molecule has 0 aliphatic rings.